The Kier molecular flexibility index (Phi) is 54.3. The second-order valence-corrected chi connectivity index (χ2v) is 19.6. The molecule has 378 valence electrons. The first-order chi connectivity index (χ1) is 31.6. The molecule has 1 atom stereocenters. The van der Waals surface area contributed by atoms with E-state index in [1.54, 1.807) is 0 Å². The number of allylic oxidation sites excluding steroid dienone is 4. The van der Waals surface area contributed by atoms with Crippen molar-refractivity contribution in [3.05, 3.63) is 24.3 Å². The summed E-state index contributed by atoms with van der Waals surface area (Å²) in [5.74, 6) is -0.390. The number of hydrogen-bond acceptors (Lipinski definition) is 5. The van der Waals surface area contributed by atoms with Crippen molar-refractivity contribution in [1.29, 1.82) is 0 Å². The van der Waals surface area contributed by atoms with Crippen LogP contribution in [-0.4, -0.2) is 37.9 Å². The van der Waals surface area contributed by atoms with E-state index in [4.69, 9.17) is 14.2 Å². The van der Waals surface area contributed by atoms with E-state index in [2.05, 4.69) is 45.1 Å². The molecule has 64 heavy (non-hydrogen) atoms. The second-order valence-electron chi connectivity index (χ2n) is 19.6. The van der Waals surface area contributed by atoms with Crippen LogP contribution in [0.25, 0.3) is 0 Å². The minimum absolute atomic E-state index is 0.0861. The summed E-state index contributed by atoms with van der Waals surface area (Å²) in [6.45, 7) is 7.86. The monoisotopic (exact) mass is 901 g/mol. The number of ether oxygens (including phenoxy) is 3. The van der Waals surface area contributed by atoms with E-state index in [1.807, 2.05) is 0 Å². The van der Waals surface area contributed by atoms with E-state index in [1.165, 1.54) is 231 Å². The zero-order chi connectivity index (χ0) is 46.3. The van der Waals surface area contributed by atoms with Crippen LogP contribution in [0.4, 0.5) is 0 Å². The van der Waals surface area contributed by atoms with Gasteiger partial charge in [0.1, 0.15) is 6.61 Å². The van der Waals surface area contributed by atoms with E-state index >= 15 is 0 Å². The highest BCUT2D eigenvalue weighted by atomic mass is 16.6. The zero-order valence-corrected chi connectivity index (χ0v) is 43.6. The number of carbonyl (C=O) groups excluding carboxylic acids is 2. The molecule has 0 heterocycles. The molecule has 0 bridgehead atoms. The van der Waals surface area contributed by atoms with Gasteiger partial charge >= 0.3 is 11.9 Å². The van der Waals surface area contributed by atoms with Crippen LogP contribution in [0.2, 0.25) is 0 Å². The smallest absolute Gasteiger partial charge is 0.306 e. The van der Waals surface area contributed by atoms with E-state index < -0.39 is 6.10 Å². The molecule has 1 unspecified atom stereocenters. The van der Waals surface area contributed by atoms with Crippen molar-refractivity contribution < 1.29 is 23.8 Å². The molecule has 0 radical (unpaired) electrons. The lowest BCUT2D eigenvalue weighted by Gasteiger charge is -2.18. The zero-order valence-electron chi connectivity index (χ0n) is 43.6. The third kappa shape index (κ3) is 53.0. The van der Waals surface area contributed by atoms with E-state index in [-0.39, 0.29) is 18.5 Å². The molecule has 0 rings (SSSR count). The van der Waals surface area contributed by atoms with Gasteiger partial charge in [-0.2, -0.15) is 0 Å². The Morgan fingerprint density at radius 3 is 1.06 bits per heavy atom. The number of rotatable bonds is 54. The van der Waals surface area contributed by atoms with Gasteiger partial charge in [-0.3, -0.25) is 9.59 Å². The molecule has 0 N–H and O–H groups in total. The van der Waals surface area contributed by atoms with E-state index in [9.17, 15) is 9.59 Å². The van der Waals surface area contributed by atoms with E-state index in [0.717, 1.165) is 51.4 Å². The molecule has 0 aliphatic rings. The molecule has 0 aromatic carbocycles. The predicted molar refractivity (Wildman–Crippen MR) is 279 cm³/mol. The highest BCUT2D eigenvalue weighted by Gasteiger charge is 2.17. The molecule has 0 fully saturated rings. The number of hydrogen-bond donors (Lipinski definition) is 0. The lowest BCUT2D eigenvalue weighted by atomic mass is 10.0. The first-order valence-electron chi connectivity index (χ1n) is 28.9. The van der Waals surface area contributed by atoms with Crippen molar-refractivity contribution in [2.24, 2.45) is 0 Å². The molecular weight excluding hydrogens is 789 g/mol. The summed E-state index contributed by atoms with van der Waals surface area (Å²) >= 11 is 0. The number of unbranched alkanes of at least 4 members (excludes halogenated alkanes) is 39. The van der Waals surface area contributed by atoms with Crippen LogP contribution in [0.15, 0.2) is 24.3 Å². The quantitative estimate of drug-likeness (QED) is 0.0346. The fraction of sp³-hybridized carbons (Fsp3) is 0.898. The maximum Gasteiger partial charge on any atom is 0.306 e. The van der Waals surface area contributed by atoms with Gasteiger partial charge in [0.15, 0.2) is 6.10 Å². The van der Waals surface area contributed by atoms with Gasteiger partial charge in [0.25, 0.3) is 0 Å². The summed E-state index contributed by atoms with van der Waals surface area (Å²) in [5, 5.41) is 0. The van der Waals surface area contributed by atoms with Crippen LogP contribution < -0.4 is 0 Å². The Morgan fingerprint density at radius 2 is 0.656 bits per heavy atom. The summed E-state index contributed by atoms with van der Waals surface area (Å²) in [6, 6.07) is 0. The topological polar surface area (TPSA) is 61.8 Å². The third-order valence-corrected chi connectivity index (χ3v) is 13.0. The molecule has 0 spiro atoms. The third-order valence-electron chi connectivity index (χ3n) is 13.0. The average Bonchev–Trinajstić information content (AvgIpc) is 3.30. The molecular formula is C59H112O5. The molecule has 0 amide bonds. The van der Waals surface area contributed by atoms with Gasteiger partial charge in [-0.25, -0.2) is 0 Å². The minimum atomic E-state index is -0.534. The van der Waals surface area contributed by atoms with Gasteiger partial charge < -0.3 is 14.2 Å². The molecule has 5 nitrogen and oxygen atoms in total. The first-order valence-corrected chi connectivity index (χ1v) is 28.9. The van der Waals surface area contributed by atoms with Gasteiger partial charge in [0, 0.05) is 19.4 Å². The number of esters is 2. The molecule has 0 aliphatic carbocycles. The fourth-order valence-corrected chi connectivity index (χ4v) is 8.66. The molecule has 0 aromatic heterocycles. The van der Waals surface area contributed by atoms with Gasteiger partial charge in [-0.05, 0) is 51.4 Å². The Labute approximate surface area is 400 Å². The van der Waals surface area contributed by atoms with Crippen LogP contribution >= 0.6 is 0 Å². The Hall–Kier alpha value is -1.62. The van der Waals surface area contributed by atoms with Crippen molar-refractivity contribution in [3.63, 3.8) is 0 Å². The average molecular weight is 902 g/mol. The van der Waals surface area contributed by atoms with Crippen molar-refractivity contribution in [1.82, 2.24) is 0 Å². The normalized spacial score (nSPS) is 12.2. The van der Waals surface area contributed by atoms with Crippen molar-refractivity contribution in [2.75, 3.05) is 19.8 Å². The highest BCUT2D eigenvalue weighted by Crippen LogP contribution is 2.17. The molecule has 5 heteroatoms. The van der Waals surface area contributed by atoms with Crippen LogP contribution in [0.1, 0.15) is 316 Å². The summed E-state index contributed by atoms with van der Waals surface area (Å²) in [7, 11) is 0. The highest BCUT2D eigenvalue weighted by molar-refractivity contribution is 5.70. The Balaban J connectivity index is 4.22. The van der Waals surface area contributed by atoms with Gasteiger partial charge in [-0.1, -0.05) is 276 Å². The summed E-state index contributed by atoms with van der Waals surface area (Å²) < 4.78 is 17.5. The van der Waals surface area contributed by atoms with Crippen LogP contribution in [-0.2, 0) is 23.8 Å². The van der Waals surface area contributed by atoms with Crippen molar-refractivity contribution in [2.45, 2.75) is 322 Å². The van der Waals surface area contributed by atoms with Crippen LogP contribution in [0.5, 0.6) is 0 Å². The Morgan fingerprint density at radius 1 is 0.344 bits per heavy atom. The Bertz CT molecular complexity index is 974. The summed E-state index contributed by atoms with van der Waals surface area (Å²) in [6.07, 6.45) is 66.2. The molecule has 0 saturated carbocycles. The molecule has 0 aromatic rings. The second kappa shape index (κ2) is 55.7. The van der Waals surface area contributed by atoms with Crippen molar-refractivity contribution >= 4 is 11.9 Å². The van der Waals surface area contributed by atoms with Gasteiger partial charge in [0.05, 0.1) is 6.61 Å². The van der Waals surface area contributed by atoms with Crippen molar-refractivity contribution in [3.8, 4) is 0 Å². The maximum atomic E-state index is 12.8. The SMILES string of the molecule is CCCCC/C=C\C/C=C\CCCCCCCC(=O)OCC(COCCCCCCCCCCCCCCCCCCCC)OC(=O)CCCCCCCCCCCCCCCCC. The minimum Gasteiger partial charge on any atom is -0.462 e. The molecule has 0 aliphatic heterocycles. The van der Waals surface area contributed by atoms with E-state index in [0.29, 0.717) is 26.1 Å². The first kappa shape index (κ1) is 62.4. The van der Waals surface area contributed by atoms with Crippen LogP contribution in [0, 0.1) is 0 Å². The standard InChI is InChI=1S/C59H112O5/c1-4-7-10-13-16-19-22-25-28-29-30-33-36-39-42-45-48-51-54-62-55-57(64-59(61)53-50-47-44-41-38-35-32-27-24-21-18-15-12-9-6-3)56-63-58(60)52-49-46-43-40-37-34-31-26-23-20-17-14-11-8-5-2/h17,20,26,31,57H,4-16,18-19,21-25,27-30,32-56H2,1-3H3/b20-17-,31-26-. The van der Waals surface area contributed by atoms with Gasteiger partial charge in [-0.15, -0.1) is 0 Å². The lowest BCUT2D eigenvalue weighted by molar-refractivity contribution is -0.163. The molecule has 0 saturated heterocycles. The van der Waals surface area contributed by atoms with Gasteiger partial charge in [0.2, 0.25) is 0 Å². The summed E-state index contributed by atoms with van der Waals surface area (Å²) in [4.78, 5) is 25.5. The lowest BCUT2D eigenvalue weighted by Crippen LogP contribution is -2.30. The predicted octanol–water partition coefficient (Wildman–Crippen LogP) is 19.6. The number of carbonyl (C=O) groups is 2. The fourth-order valence-electron chi connectivity index (χ4n) is 8.66. The largest absolute Gasteiger partial charge is 0.462 e. The summed E-state index contributed by atoms with van der Waals surface area (Å²) in [5.41, 5.74) is 0. The maximum absolute atomic E-state index is 12.8. The van der Waals surface area contributed by atoms with Crippen LogP contribution in [0.3, 0.4) is 0 Å².